The number of hydrogen-bond acceptors (Lipinski definition) is 6. The van der Waals surface area contributed by atoms with Crippen molar-refractivity contribution in [3.63, 3.8) is 0 Å². The highest BCUT2D eigenvalue weighted by molar-refractivity contribution is 7.82. The van der Waals surface area contributed by atoms with Gasteiger partial charge in [0.2, 0.25) is 0 Å². The number of anilines is 2. The van der Waals surface area contributed by atoms with Crippen LogP contribution in [0.5, 0.6) is 0 Å². The zero-order valence-corrected chi connectivity index (χ0v) is 23.8. The Morgan fingerprint density at radius 2 is 1.30 bits per heavy atom. The maximum atomic E-state index is 13.6. The Bertz CT molecular complexity index is 1460. The third-order valence-electron chi connectivity index (χ3n) is 7.97. The summed E-state index contributed by atoms with van der Waals surface area (Å²) in [7, 11) is 0. The second-order valence-electron chi connectivity index (χ2n) is 11.5. The number of benzene rings is 2. The van der Waals surface area contributed by atoms with Crippen LogP contribution < -0.4 is 9.80 Å². The highest BCUT2D eigenvalue weighted by Gasteiger charge is 2.53. The summed E-state index contributed by atoms with van der Waals surface area (Å²) in [6.07, 6.45) is 1.74. The van der Waals surface area contributed by atoms with E-state index < -0.39 is 34.5 Å². The van der Waals surface area contributed by atoms with Gasteiger partial charge in [-0.05, 0) is 78.6 Å². The maximum Gasteiger partial charge on any atom is 0.335 e. The first-order valence-electron chi connectivity index (χ1n) is 12.8. The first kappa shape index (κ1) is 27.9. The van der Waals surface area contributed by atoms with Gasteiger partial charge in [0, 0.05) is 12.6 Å². The summed E-state index contributed by atoms with van der Waals surface area (Å²) in [5.41, 5.74) is -0.107. The summed E-state index contributed by atoms with van der Waals surface area (Å²) < 4.78 is 26.9. The molecule has 0 bridgehead atoms. The first-order valence-corrected chi connectivity index (χ1v) is 13.6. The molecule has 2 aromatic rings. The smallest absolute Gasteiger partial charge is 0.282 e. The van der Waals surface area contributed by atoms with E-state index in [1.807, 2.05) is 20.8 Å². The van der Waals surface area contributed by atoms with E-state index in [9.17, 15) is 18.4 Å². The molecule has 5 rings (SSSR count). The maximum absolute atomic E-state index is 13.6. The fraction of sp³-hybridized carbons (Fsp3) is 0.357. The zero-order chi connectivity index (χ0) is 29.1. The molecule has 40 heavy (non-hydrogen) atoms. The fourth-order valence-corrected chi connectivity index (χ4v) is 6.85. The molecule has 12 heteroatoms. The van der Waals surface area contributed by atoms with Gasteiger partial charge in [-0.3, -0.25) is 20.6 Å². The number of urea groups is 2. The molecular formula is C28H28F2N6O2S2. The van der Waals surface area contributed by atoms with Crippen molar-refractivity contribution in [2.45, 2.75) is 46.1 Å². The van der Waals surface area contributed by atoms with Gasteiger partial charge in [0.15, 0.2) is 21.6 Å². The number of thiocarbonyl (C=S) groups is 2. The van der Waals surface area contributed by atoms with Crippen LogP contribution in [0.1, 0.15) is 40.0 Å². The van der Waals surface area contributed by atoms with Crippen molar-refractivity contribution in [2.24, 2.45) is 10.8 Å². The van der Waals surface area contributed by atoms with Crippen molar-refractivity contribution in [1.29, 1.82) is 10.8 Å². The summed E-state index contributed by atoms with van der Waals surface area (Å²) in [6, 6.07) is 9.55. The minimum absolute atomic E-state index is 0.0543. The lowest BCUT2D eigenvalue weighted by Gasteiger charge is -2.50. The van der Waals surface area contributed by atoms with Gasteiger partial charge >= 0.3 is 12.1 Å². The van der Waals surface area contributed by atoms with Gasteiger partial charge in [-0.25, -0.2) is 28.2 Å². The van der Waals surface area contributed by atoms with Crippen LogP contribution in [0, 0.1) is 33.3 Å². The Labute approximate surface area is 241 Å². The monoisotopic (exact) mass is 582 g/mol. The van der Waals surface area contributed by atoms with Gasteiger partial charge in [0.05, 0.1) is 11.4 Å². The summed E-state index contributed by atoms with van der Waals surface area (Å²) in [4.78, 5) is 32.3. The van der Waals surface area contributed by atoms with E-state index in [2.05, 4.69) is 0 Å². The number of amidine groups is 2. The van der Waals surface area contributed by atoms with Gasteiger partial charge in [0.1, 0.15) is 11.6 Å². The average molecular weight is 583 g/mol. The van der Waals surface area contributed by atoms with Crippen molar-refractivity contribution >= 4 is 69.5 Å². The number of hydrogen-bond donors (Lipinski definition) is 2. The Hall–Kier alpha value is -3.64. The van der Waals surface area contributed by atoms with E-state index in [4.69, 9.17) is 35.3 Å². The topological polar surface area (TPSA) is 94.8 Å². The Balaban J connectivity index is 1.34. The number of carbonyl (C=O) groups excluding carboxylic acids is 2. The standard InChI is InChI=1S/C28H28F2N6O2S2/c1-27(2)14-28(3,15-33-21(31)23(39)34(25(33)37)18-8-4-16(29)5-9-18)13-12-20(27)36-22(32)24(40)35(26(36)38)19-10-6-17(30)7-11-19/h4-11,20,31-32H,12-15H2,1-3H3. The molecule has 8 nitrogen and oxygen atoms in total. The molecule has 2 N–H and O–H groups in total. The Kier molecular flexibility index (Phi) is 6.82. The van der Waals surface area contributed by atoms with Crippen LogP contribution in [-0.4, -0.2) is 56.1 Å². The molecule has 0 aromatic heterocycles. The van der Waals surface area contributed by atoms with E-state index in [1.54, 1.807) is 0 Å². The molecule has 3 fully saturated rings. The summed E-state index contributed by atoms with van der Waals surface area (Å²) in [5.74, 6) is -1.03. The zero-order valence-electron chi connectivity index (χ0n) is 22.2. The second-order valence-corrected chi connectivity index (χ2v) is 12.3. The van der Waals surface area contributed by atoms with Gasteiger partial charge in [0.25, 0.3) is 0 Å². The van der Waals surface area contributed by atoms with Gasteiger partial charge in [-0.1, -0.05) is 45.2 Å². The minimum Gasteiger partial charge on any atom is -0.282 e. The largest absolute Gasteiger partial charge is 0.335 e. The lowest BCUT2D eigenvalue weighted by atomic mass is 9.61. The average Bonchev–Trinajstić information content (AvgIpc) is 3.23. The number of nitrogens with zero attached hydrogens (tertiary/aromatic N) is 4. The molecule has 1 saturated carbocycles. The van der Waals surface area contributed by atoms with E-state index >= 15 is 0 Å². The molecule has 0 spiro atoms. The number of rotatable bonds is 5. The minimum atomic E-state index is -0.481. The summed E-state index contributed by atoms with van der Waals surface area (Å²) in [5, 5.41) is 17.2. The van der Waals surface area contributed by atoms with Crippen LogP contribution in [0.15, 0.2) is 48.5 Å². The quantitative estimate of drug-likeness (QED) is 0.402. The molecular weight excluding hydrogens is 554 g/mol. The molecule has 2 aromatic carbocycles. The molecule has 0 radical (unpaired) electrons. The lowest BCUT2D eigenvalue weighted by Crippen LogP contribution is -2.55. The predicted molar refractivity (Wildman–Crippen MR) is 157 cm³/mol. The van der Waals surface area contributed by atoms with Gasteiger partial charge in [-0.2, -0.15) is 0 Å². The van der Waals surface area contributed by atoms with Crippen molar-refractivity contribution in [3.05, 3.63) is 60.2 Å². The van der Waals surface area contributed by atoms with Crippen molar-refractivity contribution in [2.75, 3.05) is 16.3 Å². The van der Waals surface area contributed by atoms with Crippen molar-refractivity contribution in [3.8, 4) is 0 Å². The first-order chi connectivity index (χ1) is 18.7. The van der Waals surface area contributed by atoms with Crippen LogP contribution in [0.2, 0.25) is 0 Å². The summed E-state index contributed by atoms with van der Waals surface area (Å²) in [6.45, 7) is 6.32. The number of nitrogens with one attached hydrogen (secondary N) is 2. The number of halogens is 2. The molecule has 2 heterocycles. The second kappa shape index (κ2) is 9.77. The molecule has 208 valence electrons. The van der Waals surface area contributed by atoms with Gasteiger partial charge in [-0.15, -0.1) is 0 Å². The number of carbonyl (C=O) groups is 2. The molecule has 3 aliphatic rings. The molecule has 2 saturated heterocycles. The molecule has 2 unspecified atom stereocenters. The number of amides is 4. The van der Waals surface area contributed by atoms with Crippen LogP contribution in [-0.2, 0) is 0 Å². The predicted octanol–water partition coefficient (Wildman–Crippen LogP) is 6.34. The third kappa shape index (κ3) is 4.58. The highest BCUT2D eigenvalue weighted by atomic mass is 32.1. The van der Waals surface area contributed by atoms with E-state index in [-0.39, 0.29) is 34.2 Å². The van der Waals surface area contributed by atoms with E-state index in [0.717, 1.165) is 0 Å². The van der Waals surface area contributed by atoms with Crippen molar-refractivity contribution < 1.29 is 18.4 Å². The van der Waals surface area contributed by atoms with Crippen LogP contribution in [0.25, 0.3) is 0 Å². The molecule has 4 amide bonds. The SMILES string of the molecule is CC1(CN2C(=N)C(=S)N(c3ccc(F)cc3)C2=O)CCC(N2C(=N)C(=S)N(c3ccc(F)cc3)C2=O)C(C)(C)C1. The van der Waals surface area contributed by atoms with Crippen LogP contribution >= 0.6 is 24.4 Å². The lowest BCUT2D eigenvalue weighted by molar-refractivity contribution is 0.0278. The third-order valence-corrected chi connectivity index (χ3v) is 8.72. The highest BCUT2D eigenvalue weighted by Crippen LogP contribution is 2.50. The molecule has 2 atom stereocenters. The van der Waals surface area contributed by atoms with Gasteiger partial charge < -0.3 is 0 Å². The van der Waals surface area contributed by atoms with E-state index in [1.165, 1.54) is 68.1 Å². The normalized spacial score (nSPS) is 25.1. The molecule has 2 aliphatic heterocycles. The van der Waals surface area contributed by atoms with Crippen molar-refractivity contribution in [1.82, 2.24) is 9.80 Å². The van der Waals surface area contributed by atoms with E-state index in [0.29, 0.717) is 30.6 Å². The van der Waals surface area contributed by atoms with Crippen LogP contribution in [0.4, 0.5) is 29.7 Å². The molecule has 1 aliphatic carbocycles. The fourth-order valence-electron chi connectivity index (χ4n) is 6.27. The van der Waals surface area contributed by atoms with Crippen LogP contribution in [0.3, 0.4) is 0 Å². The summed E-state index contributed by atoms with van der Waals surface area (Å²) >= 11 is 10.9. The Morgan fingerprint density at radius 3 is 1.80 bits per heavy atom. The Morgan fingerprint density at radius 1 is 0.825 bits per heavy atom.